The fourth-order valence-corrected chi connectivity index (χ4v) is 5.11. The number of sulfonamides is 1. The molecule has 0 aliphatic rings. The summed E-state index contributed by atoms with van der Waals surface area (Å²) < 4.78 is 32.1. The van der Waals surface area contributed by atoms with Crippen LogP contribution in [0.3, 0.4) is 0 Å². The van der Waals surface area contributed by atoms with Crippen molar-refractivity contribution in [2.24, 2.45) is 0 Å². The number of benzene rings is 2. The smallest absolute Gasteiger partial charge is 0.242 e. The van der Waals surface area contributed by atoms with Crippen molar-refractivity contribution in [3.05, 3.63) is 60.2 Å². The van der Waals surface area contributed by atoms with E-state index in [0.29, 0.717) is 25.1 Å². The minimum atomic E-state index is -3.63. The molecule has 2 rings (SSSR count). The van der Waals surface area contributed by atoms with Crippen molar-refractivity contribution in [3.8, 4) is 5.75 Å². The van der Waals surface area contributed by atoms with Crippen LogP contribution in [-0.2, 0) is 26.2 Å². The van der Waals surface area contributed by atoms with Crippen LogP contribution < -0.4 is 10.1 Å². The second-order valence-corrected chi connectivity index (χ2v) is 10.7. The Kier molecular flexibility index (Phi) is 11.9. The Bertz CT molecular complexity index is 1080. The Morgan fingerprint density at radius 3 is 2.39 bits per heavy atom. The van der Waals surface area contributed by atoms with Crippen LogP contribution in [0.2, 0.25) is 0 Å². The van der Waals surface area contributed by atoms with Gasteiger partial charge in [-0.15, -0.1) is 0 Å². The third kappa shape index (κ3) is 8.34. The molecule has 0 bridgehead atoms. The quantitative estimate of drug-likeness (QED) is 0.363. The van der Waals surface area contributed by atoms with Gasteiger partial charge in [0.05, 0.1) is 12.0 Å². The van der Waals surface area contributed by atoms with E-state index in [1.54, 1.807) is 42.3 Å². The van der Waals surface area contributed by atoms with Gasteiger partial charge in [-0.3, -0.25) is 9.59 Å². The second-order valence-electron chi connectivity index (χ2n) is 8.68. The molecule has 2 aromatic carbocycles. The summed E-state index contributed by atoms with van der Waals surface area (Å²) in [6.45, 7) is 4.95. The van der Waals surface area contributed by atoms with Crippen molar-refractivity contribution in [2.45, 2.75) is 63.4 Å². The Morgan fingerprint density at radius 1 is 1.03 bits per heavy atom. The number of unbranched alkanes of at least 4 members (excludes halogenated alkanes) is 1. The lowest BCUT2D eigenvalue weighted by atomic mass is 10.1. The Balaban J connectivity index is 2.13. The number of carbonyl (C=O) groups is 2. The van der Waals surface area contributed by atoms with E-state index in [9.17, 15) is 18.0 Å². The van der Waals surface area contributed by atoms with Gasteiger partial charge in [0.15, 0.2) is 0 Å². The molecular weight excluding hydrogens is 478 g/mol. The van der Waals surface area contributed by atoms with E-state index in [2.05, 4.69) is 12.2 Å². The Morgan fingerprint density at radius 2 is 1.75 bits per heavy atom. The maximum atomic E-state index is 13.4. The second kappa shape index (κ2) is 14.6. The van der Waals surface area contributed by atoms with Gasteiger partial charge in [0.25, 0.3) is 0 Å². The normalized spacial score (nSPS) is 12.2. The first-order chi connectivity index (χ1) is 17.2. The monoisotopic (exact) mass is 517 g/mol. The van der Waals surface area contributed by atoms with E-state index < -0.39 is 16.1 Å². The summed E-state index contributed by atoms with van der Waals surface area (Å²) in [4.78, 5) is 28.2. The number of carbonyl (C=O) groups excluding carboxylic acids is 2. The molecule has 36 heavy (non-hydrogen) atoms. The van der Waals surface area contributed by atoms with Gasteiger partial charge in [0, 0.05) is 33.1 Å². The lowest BCUT2D eigenvalue weighted by molar-refractivity contribution is -0.141. The van der Waals surface area contributed by atoms with Gasteiger partial charge in [-0.25, -0.2) is 12.7 Å². The van der Waals surface area contributed by atoms with Gasteiger partial charge in [-0.1, -0.05) is 50.6 Å². The molecule has 0 spiro atoms. The van der Waals surface area contributed by atoms with Gasteiger partial charge >= 0.3 is 0 Å². The number of ether oxygens (including phenoxy) is 1. The standard InChI is InChI=1S/C27H39N3O5S/c1-5-7-18-28-27(32)25(6-2)30(21-22-13-11-14-23(20-22)35-4)26(31)17-12-19-29(3)36(33,34)24-15-9-8-10-16-24/h8-11,13-16,20,25H,5-7,12,17-19,21H2,1-4H3,(H,28,32)/t25-/m0/s1. The highest BCUT2D eigenvalue weighted by molar-refractivity contribution is 7.89. The maximum absolute atomic E-state index is 13.4. The van der Waals surface area contributed by atoms with E-state index in [-0.39, 0.29) is 36.2 Å². The largest absolute Gasteiger partial charge is 0.497 e. The zero-order valence-electron chi connectivity index (χ0n) is 21.8. The molecule has 0 aromatic heterocycles. The molecule has 0 saturated heterocycles. The van der Waals surface area contributed by atoms with Gasteiger partial charge in [0.2, 0.25) is 21.8 Å². The van der Waals surface area contributed by atoms with E-state index in [1.165, 1.54) is 11.4 Å². The maximum Gasteiger partial charge on any atom is 0.242 e. The topological polar surface area (TPSA) is 96.0 Å². The number of amides is 2. The number of hydrogen-bond acceptors (Lipinski definition) is 5. The highest BCUT2D eigenvalue weighted by Crippen LogP contribution is 2.19. The van der Waals surface area contributed by atoms with Crippen LogP contribution >= 0.6 is 0 Å². The number of nitrogens with zero attached hydrogens (tertiary/aromatic N) is 2. The van der Waals surface area contributed by atoms with Gasteiger partial charge in [0.1, 0.15) is 11.8 Å². The highest BCUT2D eigenvalue weighted by atomic mass is 32.2. The Labute approximate surface area is 215 Å². The lowest BCUT2D eigenvalue weighted by Crippen LogP contribution is -2.49. The molecule has 0 radical (unpaired) electrons. The molecule has 198 valence electrons. The highest BCUT2D eigenvalue weighted by Gasteiger charge is 2.29. The zero-order chi connectivity index (χ0) is 26.6. The summed E-state index contributed by atoms with van der Waals surface area (Å²) in [5, 5.41) is 2.95. The average molecular weight is 518 g/mol. The molecule has 2 aromatic rings. The molecule has 0 fully saturated rings. The Hall–Kier alpha value is -2.91. The summed E-state index contributed by atoms with van der Waals surface area (Å²) in [6, 6.07) is 15.0. The third-order valence-corrected chi connectivity index (χ3v) is 7.89. The number of rotatable bonds is 15. The fourth-order valence-electron chi connectivity index (χ4n) is 3.88. The van der Waals surface area contributed by atoms with E-state index >= 15 is 0 Å². The fraction of sp³-hybridized carbons (Fsp3) is 0.481. The summed E-state index contributed by atoms with van der Waals surface area (Å²) >= 11 is 0. The van der Waals surface area contributed by atoms with Gasteiger partial charge in [-0.2, -0.15) is 0 Å². The van der Waals surface area contributed by atoms with Crippen molar-refractivity contribution in [1.82, 2.24) is 14.5 Å². The molecular formula is C27H39N3O5S. The molecule has 1 N–H and O–H groups in total. The summed E-state index contributed by atoms with van der Waals surface area (Å²) in [5.41, 5.74) is 0.853. The summed E-state index contributed by atoms with van der Waals surface area (Å²) in [6.07, 6.45) is 2.76. The SMILES string of the molecule is CCCCNC(=O)[C@H](CC)N(Cc1cccc(OC)c1)C(=O)CCCN(C)S(=O)(=O)c1ccccc1. The van der Waals surface area contributed by atoms with Crippen LogP contribution in [-0.4, -0.2) is 62.7 Å². The average Bonchev–Trinajstić information content (AvgIpc) is 2.89. The molecule has 2 amide bonds. The van der Waals surface area contributed by atoms with Crippen molar-refractivity contribution in [3.63, 3.8) is 0 Å². The minimum absolute atomic E-state index is 0.122. The first-order valence-electron chi connectivity index (χ1n) is 12.5. The van der Waals surface area contributed by atoms with Crippen LogP contribution in [0.25, 0.3) is 0 Å². The van der Waals surface area contributed by atoms with Crippen LogP contribution in [0.15, 0.2) is 59.5 Å². The number of nitrogens with one attached hydrogen (secondary N) is 1. The van der Waals surface area contributed by atoms with Crippen LogP contribution in [0, 0.1) is 0 Å². The predicted octanol–water partition coefficient (Wildman–Crippen LogP) is 3.82. The first-order valence-corrected chi connectivity index (χ1v) is 13.9. The molecule has 0 aliphatic heterocycles. The number of hydrogen-bond donors (Lipinski definition) is 1. The van der Waals surface area contributed by atoms with E-state index in [0.717, 1.165) is 18.4 Å². The first kappa shape index (κ1) is 29.3. The summed E-state index contributed by atoms with van der Waals surface area (Å²) in [7, 11) is -0.538. The van der Waals surface area contributed by atoms with Gasteiger partial charge < -0.3 is 15.0 Å². The molecule has 8 nitrogen and oxygen atoms in total. The molecule has 0 saturated carbocycles. The van der Waals surface area contributed by atoms with Crippen LogP contribution in [0.4, 0.5) is 0 Å². The van der Waals surface area contributed by atoms with Crippen molar-refractivity contribution in [1.29, 1.82) is 0 Å². The molecule has 0 heterocycles. The van der Waals surface area contributed by atoms with Crippen molar-refractivity contribution < 1.29 is 22.7 Å². The number of methoxy groups -OCH3 is 1. The molecule has 1 atom stereocenters. The van der Waals surface area contributed by atoms with Gasteiger partial charge in [-0.05, 0) is 49.1 Å². The minimum Gasteiger partial charge on any atom is -0.497 e. The molecule has 0 aliphatic carbocycles. The van der Waals surface area contributed by atoms with Crippen LogP contribution in [0.5, 0.6) is 5.75 Å². The van der Waals surface area contributed by atoms with Crippen molar-refractivity contribution >= 4 is 21.8 Å². The molecule has 0 unspecified atom stereocenters. The summed E-state index contributed by atoms with van der Waals surface area (Å²) in [5.74, 6) is 0.305. The predicted molar refractivity (Wildman–Crippen MR) is 141 cm³/mol. The lowest BCUT2D eigenvalue weighted by Gasteiger charge is -2.31. The third-order valence-electron chi connectivity index (χ3n) is 6.02. The van der Waals surface area contributed by atoms with E-state index in [4.69, 9.17) is 4.74 Å². The zero-order valence-corrected chi connectivity index (χ0v) is 22.6. The van der Waals surface area contributed by atoms with Crippen molar-refractivity contribution in [2.75, 3.05) is 27.2 Å². The van der Waals surface area contributed by atoms with E-state index in [1.807, 2.05) is 31.2 Å². The molecule has 9 heteroatoms. The van der Waals surface area contributed by atoms with Crippen LogP contribution in [0.1, 0.15) is 51.5 Å².